The number of ether oxygens (including phenoxy) is 1. The van der Waals surface area contributed by atoms with Crippen LogP contribution < -0.4 is 5.32 Å². The van der Waals surface area contributed by atoms with Crippen LogP contribution in [0.25, 0.3) is 0 Å². The summed E-state index contributed by atoms with van der Waals surface area (Å²) in [5, 5.41) is 3.21. The third-order valence-electron chi connectivity index (χ3n) is 3.46. The predicted octanol–water partition coefficient (Wildman–Crippen LogP) is 1.22. The number of anilines is 1. The standard InChI is InChI=1S/C14H22N2O3S/c1-3-20(17,18)14-7-5-4-6-13(14)15-10-12-11-16(2)8-9-19-12/h4-7,12,15H,3,8-11H2,1-2H3. The van der Waals surface area contributed by atoms with E-state index in [1.807, 2.05) is 6.07 Å². The molecule has 6 heteroatoms. The van der Waals surface area contributed by atoms with E-state index in [0.29, 0.717) is 17.1 Å². The van der Waals surface area contributed by atoms with E-state index in [2.05, 4.69) is 17.3 Å². The second-order valence-electron chi connectivity index (χ2n) is 5.04. The number of likely N-dealkylation sites (N-methyl/N-ethyl adjacent to an activating group) is 1. The second-order valence-corrected chi connectivity index (χ2v) is 7.28. The fourth-order valence-electron chi connectivity index (χ4n) is 2.25. The highest BCUT2D eigenvalue weighted by Crippen LogP contribution is 2.22. The van der Waals surface area contributed by atoms with Gasteiger partial charge in [-0.25, -0.2) is 8.42 Å². The monoisotopic (exact) mass is 298 g/mol. The lowest BCUT2D eigenvalue weighted by molar-refractivity contribution is -0.0117. The molecule has 0 aliphatic carbocycles. The van der Waals surface area contributed by atoms with Crippen LogP contribution in [-0.4, -0.2) is 58.5 Å². The summed E-state index contributed by atoms with van der Waals surface area (Å²) in [5.74, 6) is 0.106. The van der Waals surface area contributed by atoms with Crippen molar-refractivity contribution in [2.75, 3.05) is 44.4 Å². The molecule has 1 fully saturated rings. The van der Waals surface area contributed by atoms with E-state index in [-0.39, 0.29) is 11.9 Å². The van der Waals surface area contributed by atoms with Crippen molar-refractivity contribution >= 4 is 15.5 Å². The van der Waals surface area contributed by atoms with Crippen LogP contribution in [-0.2, 0) is 14.6 Å². The molecule has 1 aromatic rings. The molecule has 20 heavy (non-hydrogen) atoms. The quantitative estimate of drug-likeness (QED) is 0.886. The van der Waals surface area contributed by atoms with E-state index < -0.39 is 9.84 Å². The molecule has 1 saturated heterocycles. The number of nitrogens with one attached hydrogen (secondary N) is 1. The van der Waals surface area contributed by atoms with Gasteiger partial charge in [-0.2, -0.15) is 0 Å². The smallest absolute Gasteiger partial charge is 0.180 e. The predicted molar refractivity (Wildman–Crippen MR) is 79.9 cm³/mol. The first-order valence-electron chi connectivity index (χ1n) is 6.88. The maximum atomic E-state index is 12.0. The minimum atomic E-state index is -3.21. The number of rotatable bonds is 5. The number of nitrogens with zero attached hydrogens (tertiary/aromatic N) is 1. The van der Waals surface area contributed by atoms with E-state index in [0.717, 1.165) is 19.7 Å². The van der Waals surface area contributed by atoms with Gasteiger partial charge in [0.05, 0.1) is 29.0 Å². The van der Waals surface area contributed by atoms with Crippen molar-refractivity contribution in [3.63, 3.8) is 0 Å². The van der Waals surface area contributed by atoms with E-state index in [1.165, 1.54) is 0 Å². The van der Waals surface area contributed by atoms with Gasteiger partial charge in [-0.15, -0.1) is 0 Å². The fraction of sp³-hybridized carbons (Fsp3) is 0.571. The zero-order valence-corrected chi connectivity index (χ0v) is 12.8. The number of benzene rings is 1. The Morgan fingerprint density at radius 1 is 1.40 bits per heavy atom. The van der Waals surface area contributed by atoms with Gasteiger partial charge in [0.15, 0.2) is 9.84 Å². The minimum absolute atomic E-state index is 0.0890. The Balaban J connectivity index is 2.06. The first-order chi connectivity index (χ1) is 9.53. The molecule has 0 amide bonds. The first kappa shape index (κ1) is 15.3. The Labute approximate surface area is 120 Å². The average Bonchev–Trinajstić information content (AvgIpc) is 2.45. The van der Waals surface area contributed by atoms with Crippen LogP contribution in [0.2, 0.25) is 0 Å². The van der Waals surface area contributed by atoms with Gasteiger partial charge in [0.1, 0.15) is 0 Å². The molecule has 112 valence electrons. The number of sulfone groups is 1. The Morgan fingerprint density at radius 3 is 2.85 bits per heavy atom. The van der Waals surface area contributed by atoms with Crippen molar-refractivity contribution in [2.24, 2.45) is 0 Å². The molecule has 1 heterocycles. The molecule has 1 aromatic carbocycles. The van der Waals surface area contributed by atoms with E-state index >= 15 is 0 Å². The molecule has 1 N–H and O–H groups in total. The molecular weight excluding hydrogens is 276 g/mol. The molecule has 2 rings (SSSR count). The SMILES string of the molecule is CCS(=O)(=O)c1ccccc1NCC1CN(C)CCO1. The minimum Gasteiger partial charge on any atom is -0.381 e. The summed E-state index contributed by atoms with van der Waals surface area (Å²) in [6.45, 7) is 4.79. The molecule has 0 bridgehead atoms. The second kappa shape index (κ2) is 6.56. The maximum Gasteiger partial charge on any atom is 0.180 e. The number of hydrogen-bond donors (Lipinski definition) is 1. The molecule has 5 nitrogen and oxygen atoms in total. The number of morpholine rings is 1. The summed E-state index contributed by atoms with van der Waals surface area (Å²) in [7, 11) is -1.15. The van der Waals surface area contributed by atoms with Crippen LogP contribution in [0.15, 0.2) is 29.2 Å². The van der Waals surface area contributed by atoms with Crippen LogP contribution in [0.3, 0.4) is 0 Å². The van der Waals surface area contributed by atoms with Gasteiger partial charge in [0.25, 0.3) is 0 Å². The first-order valence-corrected chi connectivity index (χ1v) is 8.54. The summed E-state index contributed by atoms with van der Waals surface area (Å²) < 4.78 is 29.8. The molecule has 1 aliphatic rings. The lowest BCUT2D eigenvalue weighted by Gasteiger charge is -2.30. The molecule has 0 saturated carbocycles. The van der Waals surface area contributed by atoms with E-state index in [1.54, 1.807) is 25.1 Å². The van der Waals surface area contributed by atoms with Crippen molar-refractivity contribution in [1.29, 1.82) is 0 Å². The van der Waals surface area contributed by atoms with Crippen molar-refractivity contribution in [3.8, 4) is 0 Å². The number of para-hydroxylation sites is 1. The zero-order chi connectivity index (χ0) is 14.6. The Hall–Kier alpha value is -1.11. The van der Waals surface area contributed by atoms with Gasteiger partial charge in [-0.3, -0.25) is 0 Å². The highest BCUT2D eigenvalue weighted by Gasteiger charge is 2.20. The number of hydrogen-bond acceptors (Lipinski definition) is 5. The molecular formula is C14H22N2O3S. The maximum absolute atomic E-state index is 12.0. The van der Waals surface area contributed by atoms with Gasteiger partial charge >= 0.3 is 0 Å². The summed E-state index contributed by atoms with van der Waals surface area (Å²) in [6.07, 6.45) is 0.0890. The highest BCUT2D eigenvalue weighted by molar-refractivity contribution is 7.91. The van der Waals surface area contributed by atoms with Crippen molar-refractivity contribution in [3.05, 3.63) is 24.3 Å². The summed E-state index contributed by atoms with van der Waals surface area (Å²) in [5.41, 5.74) is 0.658. The van der Waals surface area contributed by atoms with Crippen LogP contribution in [0, 0.1) is 0 Å². The van der Waals surface area contributed by atoms with Crippen LogP contribution >= 0.6 is 0 Å². The summed E-state index contributed by atoms with van der Waals surface area (Å²) in [4.78, 5) is 2.58. The normalized spacial score (nSPS) is 20.8. The molecule has 1 unspecified atom stereocenters. The lowest BCUT2D eigenvalue weighted by atomic mass is 10.2. The van der Waals surface area contributed by atoms with Gasteiger partial charge in [-0.05, 0) is 19.2 Å². The highest BCUT2D eigenvalue weighted by atomic mass is 32.2. The Morgan fingerprint density at radius 2 is 2.15 bits per heavy atom. The van der Waals surface area contributed by atoms with Crippen molar-refractivity contribution < 1.29 is 13.2 Å². The Kier molecular flexibility index (Phi) is 5.01. The van der Waals surface area contributed by atoms with Crippen LogP contribution in [0.1, 0.15) is 6.92 Å². The van der Waals surface area contributed by atoms with Crippen LogP contribution in [0.4, 0.5) is 5.69 Å². The summed E-state index contributed by atoms with van der Waals surface area (Å²) >= 11 is 0. The third-order valence-corrected chi connectivity index (χ3v) is 5.25. The molecule has 0 spiro atoms. The van der Waals surface area contributed by atoms with Crippen LogP contribution in [0.5, 0.6) is 0 Å². The van der Waals surface area contributed by atoms with Crippen molar-refractivity contribution in [1.82, 2.24) is 4.90 Å². The van der Waals surface area contributed by atoms with E-state index in [9.17, 15) is 8.42 Å². The molecule has 1 atom stereocenters. The zero-order valence-electron chi connectivity index (χ0n) is 12.0. The van der Waals surface area contributed by atoms with Gasteiger partial charge in [-0.1, -0.05) is 19.1 Å². The topological polar surface area (TPSA) is 58.6 Å². The van der Waals surface area contributed by atoms with Gasteiger partial charge in [0, 0.05) is 19.6 Å². The molecule has 0 aromatic heterocycles. The van der Waals surface area contributed by atoms with E-state index in [4.69, 9.17) is 4.74 Å². The van der Waals surface area contributed by atoms with Gasteiger partial charge < -0.3 is 15.0 Å². The molecule has 0 radical (unpaired) electrons. The van der Waals surface area contributed by atoms with Gasteiger partial charge in [0.2, 0.25) is 0 Å². The third kappa shape index (κ3) is 3.71. The average molecular weight is 298 g/mol. The summed E-state index contributed by atoms with van der Waals surface area (Å²) in [6, 6.07) is 7.04. The van der Waals surface area contributed by atoms with Crippen molar-refractivity contribution in [2.45, 2.75) is 17.9 Å². The lowest BCUT2D eigenvalue weighted by Crippen LogP contribution is -2.43. The largest absolute Gasteiger partial charge is 0.381 e. The fourth-order valence-corrected chi connectivity index (χ4v) is 3.33. The Bertz CT molecular complexity index is 545. The molecule has 1 aliphatic heterocycles.